The molecule has 0 radical (unpaired) electrons. The van der Waals surface area contributed by atoms with E-state index in [0.717, 1.165) is 25.0 Å². The molecule has 1 aromatic carbocycles. The third kappa shape index (κ3) is 3.06. The van der Waals surface area contributed by atoms with Crippen molar-refractivity contribution in [1.82, 2.24) is 0 Å². The number of rotatable bonds is 3. The van der Waals surface area contributed by atoms with Crippen molar-refractivity contribution in [1.29, 1.82) is 5.26 Å². The predicted molar refractivity (Wildman–Crippen MR) is 59.5 cm³/mol. The number of hydrogen-bond donors (Lipinski definition) is 0. The molecule has 2 rings (SSSR count). The van der Waals surface area contributed by atoms with Crippen molar-refractivity contribution in [3.8, 4) is 6.07 Å². The van der Waals surface area contributed by atoms with E-state index in [1.54, 1.807) is 12.1 Å². The van der Waals surface area contributed by atoms with Crippen molar-refractivity contribution < 1.29 is 9.47 Å². The maximum atomic E-state index is 8.66. The van der Waals surface area contributed by atoms with Crippen molar-refractivity contribution in [2.24, 2.45) is 0 Å². The number of benzene rings is 1. The van der Waals surface area contributed by atoms with Crippen LogP contribution in [0.5, 0.6) is 0 Å². The average Bonchev–Trinajstić information content (AvgIpc) is 2.38. The van der Waals surface area contributed by atoms with Crippen molar-refractivity contribution in [3.63, 3.8) is 0 Å². The molecule has 0 aromatic heterocycles. The van der Waals surface area contributed by atoms with Gasteiger partial charge < -0.3 is 9.47 Å². The first-order valence-corrected chi connectivity index (χ1v) is 5.61. The molecule has 0 bridgehead atoms. The van der Waals surface area contributed by atoms with Gasteiger partial charge in [0.25, 0.3) is 0 Å². The number of nitrogens with zero attached hydrogens (tertiary/aromatic N) is 1. The molecular weight excluding hydrogens is 202 g/mol. The van der Waals surface area contributed by atoms with Crippen LogP contribution in [0.25, 0.3) is 0 Å². The summed E-state index contributed by atoms with van der Waals surface area (Å²) in [6, 6.07) is 9.54. The van der Waals surface area contributed by atoms with Crippen LogP contribution in [0.1, 0.15) is 30.4 Å². The van der Waals surface area contributed by atoms with Gasteiger partial charge in [-0.05, 0) is 37.0 Å². The van der Waals surface area contributed by atoms with Gasteiger partial charge in [-0.2, -0.15) is 5.26 Å². The van der Waals surface area contributed by atoms with Crippen LogP contribution in [-0.2, 0) is 16.1 Å². The predicted octanol–water partition coefficient (Wildman–Crippen LogP) is 2.60. The van der Waals surface area contributed by atoms with E-state index in [9.17, 15) is 0 Å². The van der Waals surface area contributed by atoms with Crippen molar-refractivity contribution in [2.75, 3.05) is 6.61 Å². The van der Waals surface area contributed by atoms with E-state index < -0.39 is 0 Å². The molecule has 1 aliphatic rings. The van der Waals surface area contributed by atoms with Crippen molar-refractivity contribution in [3.05, 3.63) is 35.4 Å². The Morgan fingerprint density at radius 1 is 1.31 bits per heavy atom. The van der Waals surface area contributed by atoms with Gasteiger partial charge in [-0.3, -0.25) is 0 Å². The van der Waals surface area contributed by atoms with Gasteiger partial charge in [0.05, 0.1) is 18.2 Å². The van der Waals surface area contributed by atoms with E-state index in [-0.39, 0.29) is 6.29 Å². The molecule has 0 N–H and O–H groups in total. The van der Waals surface area contributed by atoms with Gasteiger partial charge in [0.1, 0.15) is 0 Å². The highest BCUT2D eigenvalue weighted by Gasteiger charge is 2.13. The van der Waals surface area contributed by atoms with Crippen LogP contribution in [0.3, 0.4) is 0 Å². The summed E-state index contributed by atoms with van der Waals surface area (Å²) in [6.07, 6.45) is 3.25. The lowest BCUT2D eigenvalue weighted by atomic mass is 10.1. The summed E-state index contributed by atoms with van der Waals surface area (Å²) >= 11 is 0. The summed E-state index contributed by atoms with van der Waals surface area (Å²) in [7, 11) is 0. The Kier molecular flexibility index (Phi) is 3.92. The van der Waals surface area contributed by atoms with Crippen LogP contribution in [0.15, 0.2) is 24.3 Å². The Balaban J connectivity index is 1.82. The normalized spacial score (nSPS) is 20.3. The first-order valence-electron chi connectivity index (χ1n) is 5.61. The van der Waals surface area contributed by atoms with Crippen LogP contribution in [0.4, 0.5) is 0 Å². The van der Waals surface area contributed by atoms with Crippen LogP contribution >= 0.6 is 0 Å². The molecular formula is C13H15NO2. The van der Waals surface area contributed by atoms with Crippen LogP contribution in [0.2, 0.25) is 0 Å². The minimum Gasteiger partial charge on any atom is -0.353 e. The van der Waals surface area contributed by atoms with E-state index in [4.69, 9.17) is 14.7 Å². The molecule has 16 heavy (non-hydrogen) atoms. The quantitative estimate of drug-likeness (QED) is 0.781. The molecule has 84 valence electrons. The summed E-state index contributed by atoms with van der Waals surface area (Å²) in [6.45, 7) is 1.36. The maximum Gasteiger partial charge on any atom is 0.158 e. The minimum atomic E-state index is -0.0515. The molecule has 0 aliphatic carbocycles. The highest BCUT2D eigenvalue weighted by molar-refractivity contribution is 5.31. The molecule has 1 aromatic rings. The second-order valence-corrected chi connectivity index (χ2v) is 3.92. The summed E-state index contributed by atoms with van der Waals surface area (Å²) in [5.74, 6) is 0. The molecule has 0 spiro atoms. The highest BCUT2D eigenvalue weighted by Crippen LogP contribution is 2.15. The van der Waals surface area contributed by atoms with Gasteiger partial charge in [0.15, 0.2) is 6.29 Å². The Bertz CT molecular complexity index is 361. The van der Waals surface area contributed by atoms with Gasteiger partial charge in [0.2, 0.25) is 0 Å². The molecule has 3 nitrogen and oxygen atoms in total. The van der Waals surface area contributed by atoms with Gasteiger partial charge in [-0.15, -0.1) is 0 Å². The number of ether oxygens (including phenoxy) is 2. The van der Waals surface area contributed by atoms with E-state index in [1.807, 2.05) is 12.1 Å². The third-order valence-corrected chi connectivity index (χ3v) is 2.66. The lowest BCUT2D eigenvalue weighted by Gasteiger charge is -2.22. The molecule has 0 amide bonds. The highest BCUT2D eigenvalue weighted by atomic mass is 16.7. The fourth-order valence-electron chi connectivity index (χ4n) is 1.71. The topological polar surface area (TPSA) is 42.2 Å². The maximum absolute atomic E-state index is 8.66. The molecule has 1 atom stereocenters. The Morgan fingerprint density at radius 2 is 2.12 bits per heavy atom. The van der Waals surface area contributed by atoms with Crippen LogP contribution < -0.4 is 0 Å². The molecule has 1 saturated heterocycles. The zero-order valence-corrected chi connectivity index (χ0v) is 9.19. The van der Waals surface area contributed by atoms with E-state index in [1.165, 1.54) is 6.42 Å². The smallest absolute Gasteiger partial charge is 0.158 e. The van der Waals surface area contributed by atoms with E-state index in [0.29, 0.717) is 12.2 Å². The molecule has 1 aliphatic heterocycles. The second-order valence-electron chi connectivity index (χ2n) is 3.92. The average molecular weight is 217 g/mol. The van der Waals surface area contributed by atoms with Crippen molar-refractivity contribution >= 4 is 0 Å². The number of hydrogen-bond acceptors (Lipinski definition) is 3. The molecule has 1 heterocycles. The van der Waals surface area contributed by atoms with Crippen LogP contribution in [-0.4, -0.2) is 12.9 Å². The summed E-state index contributed by atoms with van der Waals surface area (Å²) in [4.78, 5) is 0. The Labute approximate surface area is 95.6 Å². The Morgan fingerprint density at radius 3 is 2.75 bits per heavy atom. The fourth-order valence-corrected chi connectivity index (χ4v) is 1.71. The van der Waals surface area contributed by atoms with Gasteiger partial charge >= 0.3 is 0 Å². The van der Waals surface area contributed by atoms with Gasteiger partial charge in [0, 0.05) is 6.61 Å². The van der Waals surface area contributed by atoms with E-state index in [2.05, 4.69) is 6.07 Å². The summed E-state index contributed by atoms with van der Waals surface area (Å²) < 4.78 is 11.1. The Hall–Kier alpha value is -1.37. The molecule has 0 unspecified atom stereocenters. The first-order chi connectivity index (χ1) is 7.88. The zero-order chi connectivity index (χ0) is 11.2. The van der Waals surface area contributed by atoms with Gasteiger partial charge in [-0.25, -0.2) is 0 Å². The standard InChI is InChI=1S/C13H15NO2/c14-9-11-4-6-12(7-5-11)10-16-13-3-1-2-8-15-13/h4-7,13H,1-3,8,10H2/t13-/m0/s1. The van der Waals surface area contributed by atoms with Crippen molar-refractivity contribution in [2.45, 2.75) is 32.2 Å². The molecule has 3 heteroatoms. The number of nitriles is 1. The van der Waals surface area contributed by atoms with Crippen LogP contribution in [0, 0.1) is 11.3 Å². The SMILES string of the molecule is N#Cc1ccc(CO[C@H]2CCCCO2)cc1. The summed E-state index contributed by atoms with van der Waals surface area (Å²) in [5.41, 5.74) is 1.76. The summed E-state index contributed by atoms with van der Waals surface area (Å²) in [5, 5.41) is 8.66. The fraction of sp³-hybridized carbons (Fsp3) is 0.462. The zero-order valence-electron chi connectivity index (χ0n) is 9.19. The van der Waals surface area contributed by atoms with Gasteiger partial charge in [-0.1, -0.05) is 12.1 Å². The monoisotopic (exact) mass is 217 g/mol. The second kappa shape index (κ2) is 5.64. The lowest BCUT2D eigenvalue weighted by molar-refractivity contribution is -0.168. The minimum absolute atomic E-state index is 0.0515. The molecule has 0 saturated carbocycles. The lowest BCUT2D eigenvalue weighted by Crippen LogP contribution is -2.21. The first kappa shape index (κ1) is 11.1. The largest absolute Gasteiger partial charge is 0.353 e. The van der Waals surface area contributed by atoms with E-state index >= 15 is 0 Å². The molecule has 1 fully saturated rings. The third-order valence-electron chi connectivity index (χ3n) is 2.66.